The summed E-state index contributed by atoms with van der Waals surface area (Å²) >= 11 is 0. The van der Waals surface area contributed by atoms with Gasteiger partial charge in [0.05, 0.1) is 12.5 Å². The largest absolute Gasteiger partial charge is 0.380 e. The zero-order valence-corrected chi connectivity index (χ0v) is 14.6. The fraction of sp³-hybridized carbons (Fsp3) is 0.278. The molecular formula is C18H23N5O3. The molecular weight excluding hydrogens is 334 g/mol. The molecule has 1 aromatic heterocycles. The Kier molecular flexibility index (Phi) is 7.53. The van der Waals surface area contributed by atoms with E-state index in [1.165, 1.54) is 7.11 Å². The van der Waals surface area contributed by atoms with Crippen LogP contribution in [0.3, 0.4) is 0 Å². The second-order valence-electron chi connectivity index (χ2n) is 5.59. The molecule has 1 unspecified atom stereocenters. The monoisotopic (exact) mass is 357 g/mol. The van der Waals surface area contributed by atoms with Crippen LogP contribution in [0.1, 0.15) is 12.0 Å². The number of nitrogens with zero attached hydrogens (tertiary/aromatic N) is 1. The number of nitrogens with one attached hydrogen (secondary N) is 3. The predicted molar refractivity (Wildman–Crippen MR) is 99.6 cm³/mol. The molecule has 0 saturated carbocycles. The van der Waals surface area contributed by atoms with Crippen LogP contribution < -0.4 is 21.7 Å². The van der Waals surface area contributed by atoms with Gasteiger partial charge in [-0.1, -0.05) is 6.07 Å². The van der Waals surface area contributed by atoms with Crippen LogP contribution in [0.25, 0.3) is 0 Å². The zero-order chi connectivity index (χ0) is 18.8. The van der Waals surface area contributed by atoms with Gasteiger partial charge in [-0.25, -0.2) is 4.79 Å². The molecule has 0 fully saturated rings. The third-order valence-electron chi connectivity index (χ3n) is 3.62. The maximum absolute atomic E-state index is 12.0. The van der Waals surface area contributed by atoms with Crippen LogP contribution >= 0.6 is 0 Å². The topological polar surface area (TPSA) is 118 Å². The van der Waals surface area contributed by atoms with E-state index in [1.54, 1.807) is 36.7 Å². The van der Waals surface area contributed by atoms with E-state index in [0.29, 0.717) is 17.9 Å². The zero-order valence-electron chi connectivity index (χ0n) is 14.6. The summed E-state index contributed by atoms with van der Waals surface area (Å²) in [6.07, 6.45) is 3.17. The van der Waals surface area contributed by atoms with Gasteiger partial charge in [-0.3, -0.25) is 9.78 Å². The molecule has 3 amide bonds. The second-order valence-corrected chi connectivity index (χ2v) is 5.59. The Bertz CT molecular complexity index is 720. The van der Waals surface area contributed by atoms with Gasteiger partial charge in [0.1, 0.15) is 0 Å². The van der Waals surface area contributed by atoms with Crippen LogP contribution in [-0.4, -0.2) is 36.7 Å². The molecule has 138 valence electrons. The van der Waals surface area contributed by atoms with Gasteiger partial charge in [0.25, 0.3) is 0 Å². The van der Waals surface area contributed by atoms with Crippen molar-refractivity contribution >= 4 is 23.3 Å². The number of anilines is 2. The number of hydrogen-bond donors (Lipinski definition) is 4. The molecule has 8 heteroatoms. The maximum atomic E-state index is 12.0. The van der Waals surface area contributed by atoms with Crippen molar-refractivity contribution < 1.29 is 14.3 Å². The number of hydrogen-bond acceptors (Lipinski definition) is 5. The highest BCUT2D eigenvalue weighted by Crippen LogP contribution is 2.15. The smallest absolute Gasteiger partial charge is 0.319 e. The molecule has 1 aromatic carbocycles. The van der Waals surface area contributed by atoms with Gasteiger partial charge in [0.2, 0.25) is 5.91 Å². The van der Waals surface area contributed by atoms with Gasteiger partial charge >= 0.3 is 6.03 Å². The molecule has 0 spiro atoms. The fourth-order valence-electron chi connectivity index (χ4n) is 2.21. The minimum absolute atomic E-state index is 0.164. The molecule has 0 aliphatic heterocycles. The van der Waals surface area contributed by atoms with Crippen LogP contribution in [0.5, 0.6) is 0 Å². The van der Waals surface area contributed by atoms with Gasteiger partial charge < -0.3 is 26.4 Å². The molecule has 0 saturated heterocycles. The number of urea groups is 1. The number of benzene rings is 1. The number of pyridine rings is 1. The molecule has 0 aliphatic rings. The molecule has 26 heavy (non-hydrogen) atoms. The van der Waals surface area contributed by atoms with Crippen LogP contribution in [0.2, 0.25) is 0 Å². The van der Waals surface area contributed by atoms with E-state index in [1.807, 2.05) is 12.1 Å². The van der Waals surface area contributed by atoms with Crippen molar-refractivity contribution in [3.63, 3.8) is 0 Å². The van der Waals surface area contributed by atoms with E-state index < -0.39 is 0 Å². The summed E-state index contributed by atoms with van der Waals surface area (Å²) in [7, 11) is 1.51. The number of ether oxygens (including phenoxy) is 1. The SMILES string of the molecule is COC(CN)CC(=O)Nc1cccc(NC(=O)NCc2ccncc2)c1. The molecule has 0 radical (unpaired) electrons. The van der Waals surface area contributed by atoms with Gasteiger partial charge in [-0.2, -0.15) is 0 Å². The molecule has 1 heterocycles. The highest BCUT2D eigenvalue weighted by atomic mass is 16.5. The predicted octanol–water partition coefficient (Wildman–Crippen LogP) is 1.71. The Balaban J connectivity index is 1.86. The first-order valence-electron chi connectivity index (χ1n) is 8.17. The molecule has 5 N–H and O–H groups in total. The molecule has 1 atom stereocenters. The van der Waals surface area contributed by atoms with Crippen LogP contribution in [0, 0.1) is 0 Å². The minimum atomic E-state index is -0.340. The van der Waals surface area contributed by atoms with E-state index in [4.69, 9.17) is 10.5 Å². The van der Waals surface area contributed by atoms with Crippen LogP contribution in [0.15, 0.2) is 48.8 Å². The van der Waals surface area contributed by atoms with Crippen LogP contribution in [0.4, 0.5) is 16.2 Å². The molecule has 8 nitrogen and oxygen atoms in total. The Morgan fingerprint density at radius 3 is 2.50 bits per heavy atom. The lowest BCUT2D eigenvalue weighted by atomic mass is 10.2. The van der Waals surface area contributed by atoms with Crippen molar-refractivity contribution in [3.05, 3.63) is 54.4 Å². The summed E-state index contributed by atoms with van der Waals surface area (Å²) in [5.74, 6) is -0.207. The van der Waals surface area contributed by atoms with Gasteiger partial charge in [-0.15, -0.1) is 0 Å². The number of methoxy groups -OCH3 is 1. The van der Waals surface area contributed by atoms with Crippen LogP contribution in [-0.2, 0) is 16.1 Å². The van der Waals surface area contributed by atoms with E-state index in [2.05, 4.69) is 20.9 Å². The highest BCUT2D eigenvalue weighted by Gasteiger charge is 2.12. The van der Waals surface area contributed by atoms with Gasteiger partial charge in [0, 0.05) is 44.0 Å². The number of rotatable bonds is 8. The summed E-state index contributed by atoms with van der Waals surface area (Å²) < 4.78 is 5.09. The van der Waals surface area contributed by atoms with E-state index >= 15 is 0 Å². The number of carbonyl (C=O) groups excluding carboxylic acids is 2. The standard InChI is InChI=1S/C18H23N5O3/c1-26-16(11-19)10-17(24)22-14-3-2-4-15(9-14)23-18(25)21-12-13-5-7-20-8-6-13/h2-9,16H,10-12,19H2,1H3,(H,22,24)(H2,21,23,25). The lowest BCUT2D eigenvalue weighted by molar-refractivity contribution is -0.118. The Morgan fingerprint density at radius 2 is 1.85 bits per heavy atom. The fourth-order valence-corrected chi connectivity index (χ4v) is 2.21. The third kappa shape index (κ3) is 6.50. The quantitative estimate of drug-likeness (QED) is 0.573. The first-order chi connectivity index (χ1) is 12.6. The van der Waals surface area contributed by atoms with Gasteiger partial charge in [0.15, 0.2) is 0 Å². The molecule has 0 bridgehead atoms. The lowest BCUT2D eigenvalue weighted by Gasteiger charge is -2.13. The summed E-state index contributed by atoms with van der Waals surface area (Å²) in [4.78, 5) is 27.9. The van der Waals surface area contributed by atoms with Crippen molar-refractivity contribution in [1.29, 1.82) is 0 Å². The number of nitrogens with two attached hydrogens (primary N) is 1. The normalized spacial score (nSPS) is 11.5. The number of amides is 3. The van der Waals surface area contributed by atoms with Crippen molar-refractivity contribution in [1.82, 2.24) is 10.3 Å². The van der Waals surface area contributed by atoms with Crippen molar-refractivity contribution in [3.8, 4) is 0 Å². The first kappa shape index (κ1) is 19.4. The highest BCUT2D eigenvalue weighted by molar-refractivity contribution is 5.93. The maximum Gasteiger partial charge on any atom is 0.319 e. The summed E-state index contributed by atoms with van der Waals surface area (Å²) in [5, 5.41) is 8.24. The summed E-state index contributed by atoms with van der Waals surface area (Å²) in [6.45, 7) is 0.658. The van der Waals surface area contributed by atoms with Crippen molar-refractivity contribution in [2.24, 2.45) is 5.73 Å². The average molecular weight is 357 g/mol. The third-order valence-corrected chi connectivity index (χ3v) is 3.62. The van der Waals surface area contributed by atoms with E-state index in [0.717, 1.165) is 5.56 Å². The second kappa shape index (κ2) is 10.1. The summed E-state index contributed by atoms with van der Waals surface area (Å²) in [5.41, 5.74) is 7.60. The average Bonchev–Trinajstić information content (AvgIpc) is 2.65. The Hall–Kier alpha value is -2.97. The Labute approximate surface area is 152 Å². The summed E-state index contributed by atoms with van der Waals surface area (Å²) in [6, 6.07) is 10.2. The molecule has 2 aromatic rings. The van der Waals surface area contributed by atoms with E-state index in [9.17, 15) is 9.59 Å². The molecule has 0 aliphatic carbocycles. The number of carbonyl (C=O) groups is 2. The van der Waals surface area contributed by atoms with Crippen molar-refractivity contribution in [2.45, 2.75) is 19.1 Å². The van der Waals surface area contributed by atoms with Crippen molar-refractivity contribution in [2.75, 3.05) is 24.3 Å². The minimum Gasteiger partial charge on any atom is -0.380 e. The number of aromatic nitrogens is 1. The molecule has 2 rings (SSSR count). The first-order valence-corrected chi connectivity index (χ1v) is 8.17. The van der Waals surface area contributed by atoms with E-state index in [-0.39, 0.29) is 31.0 Å². The van der Waals surface area contributed by atoms with Gasteiger partial charge in [-0.05, 0) is 35.9 Å². The lowest BCUT2D eigenvalue weighted by Crippen LogP contribution is -2.28. The Morgan fingerprint density at radius 1 is 1.15 bits per heavy atom.